The molecule has 1 aromatic heterocycles. The van der Waals surface area contributed by atoms with Gasteiger partial charge < -0.3 is 5.32 Å². The largest absolute Gasteiger partial charge is 0.302 e. The number of hydrogen-bond donors (Lipinski definition) is 2. The minimum Gasteiger partial charge on any atom is -0.302 e. The lowest BCUT2D eigenvalue weighted by molar-refractivity contribution is -0.122. The number of carbonyl (C=O) groups excluding carboxylic acids is 1. The molecule has 0 saturated heterocycles. The quantitative estimate of drug-likeness (QED) is 0.607. The van der Waals surface area contributed by atoms with E-state index in [1.165, 1.54) is 5.56 Å². The van der Waals surface area contributed by atoms with E-state index in [9.17, 15) is 4.79 Å². The third-order valence-electron chi connectivity index (χ3n) is 3.20. The van der Waals surface area contributed by atoms with Crippen molar-refractivity contribution in [3.63, 3.8) is 0 Å². The number of nitrogens with one attached hydrogen (secondary N) is 2. The van der Waals surface area contributed by atoms with Crippen LogP contribution >= 0.6 is 24.0 Å². The van der Waals surface area contributed by atoms with Gasteiger partial charge in [-0.3, -0.25) is 10.2 Å². The molecule has 0 unspecified atom stereocenters. The highest BCUT2D eigenvalue weighted by Gasteiger charge is 2.14. The van der Waals surface area contributed by atoms with Gasteiger partial charge >= 0.3 is 0 Å². The summed E-state index contributed by atoms with van der Waals surface area (Å²) in [5.74, 6) is 1.27. The predicted molar refractivity (Wildman–Crippen MR) is 100 cm³/mol. The molecule has 1 heterocycles. The Hall–Kier alpha value is -1.93. The number of carbonyl (C=O) groups is 1. The van der Waals surface area contributed by atoms with Crippen molar-refractivity contribution >= 4 is 35.0 Å². The van der Waals surface area contributed by atoms with Gasteiger partial charge in [-0.05, 0) is 17.8 Å². The molecular weight excluding hydrogens is 342 g/mol. The third kappa shape index (κ3) is 5.04. The summed E-state index contributed by atoms with van der Waals surface area (Å²) in [5.41, 5.74) is 4.20. The summed E-state index contributed by atoms with van der Waals surface area (Å²) < 4.78 is 1.73. The SMILES string of the molecule is CCc1nnc(SCc2ccccc2)n1NC(=S)NC(=O)C(C)C. The lowest BCUT2D eigenvalue weighted by Gasteiger charge is -2.14. The second kappa shape index (κ2) is 8.79. The van der Waals surface area contributed by atoms with Crippen LogP contribution in [0.2, 0.25) is 0 Å². The van der Waals surface area contributed by atoms with Gasteiger partial charge in [0, 0.05) is 18.1 Å². The standard InChI is InChI=1S/C16H21N5OS2/c1-4-13-18-19-16(24-10-12-8-6-5-7-9-12)21(13)20-15(23)17-14(22)11(2)3/h5-9,11H,4,10H2,1-3H3,(H2,17,20,22,23). The Bertz CT molecular complexity index is 700. The topological polar surface area (TPSA) is 71.8 Å². The first-order valence-electron chi connectivity index (χ1n) is 7.74. The molecule has 0 saturated carbocycles. The van der Waals surface area contributed by atoms with Crippen molar-refractivity contribution in [1.82, 2.24) is 20.2 Å². The summed E-state index contributed by atoms with van der Waals surface area (Å²) in [5, 5.41) is 12.0. The molecule has 0 bridgehead atoms. The van der Waals surface area contributed by atoms with Crippen LogP contribution in [0.5, 0.6) is 0 Å². The molecule has 24 heavy (non-hydrogen) atoms. The van der Waals surface area contributed by atoms with Gasteiger partial charge in [-0.2, -0.15) is 0 Å². The third-order valence-corrected chi connectivity index (χ3v) is 4.40. The van der Waals surface area contributed by atoms with Crippen molar-refractivity contribution in [2.24, 2.45) is 5.92 Å². The van der Waals surface area contributed by atoms with Gasteiger partial charge in [-0.1, -0.05) is 62.9 Å². The normalized spacial score (nSPS) is 10.7. The van der Waals surface area contributed by atoms with Crippen molar-refractivity contribution in [3.8, 4) is 0 Å². The zero-order valence-electron chi connectivity index (χ0n) is 13.9. The number of hydrogen-bond acceptors (Lipinski definition) is 5. The lowest BCUT2D eigenvalue weighted by Crippen LogP contribution is -2.40. The van der Waals surface area contributed by atoms with Crippen molar-refractivity contribution in [1.29, 1.82) is 0 Å². The smallest absolute Gasteiger partial charge is 0.228 e. The second-order valence-electron chi connectivity index (χ2n) is 5.45. The van der Waals surface area contributed by atoms with Crippen LogP contribution in [0.3, 0.4) is 0 Å². The van der Waals surface area contributed by atoms with Crippen LogP contribution < -0.4 is 10.7 Å². The van der Waals surface area contributed by atoms with Gasteiger partial charge in [-0.25, -0.2) is 4.68 Å². The molecule has 0 radical (unpaired) electrons. The van der Waals surface area contributed by atoms with E-state index in [2.05, 4.69) is 33.1 Å². The van der Waals surface area contributed by atoms with Crippen LogP contribution in [0.25, 0.3) is 0 Å². The van der Waals surface area contributed by atoms with Crippen molar-refractivity contribution in [3.05, 3.63) is 41.7 Å². The number of thioether (sulfide) groups is 1. The van der Waals surface area contributed by atoms with Gasteiger partial charge in [0.1, 0.15) is 0 Å². The molecular formula is C16H21N5OS2. The lowest BCUT2D eigenvalue weighted by atomic mass is 10.2. The first-order valence-corrected chi connectivity index (χ1v) is 9.13. The zero-order chi connectivity index (χ0) is 17.5. The Kier molecular flexibility index (Phi) is 6.74. The highest BCUT2D eigenvalue weighted by Crippen LogP contribution is 2.21. The van der Waals surface area contributed by atoms with Gasteiger partial charge in [-0.15, -0.1) is 10.2 Å². The minimum absolute atomic E-state index is 0.128. The summed E-state index contributed by atoms with van der Waals surface area (Å²) in [4.78, 5) is 11.7. The van der Waals surface area contributed by atoms with Crippen LogP contribution in [0.15, 0.2) is 35.5 Å². The fraction of sp³-hybridized carbons (Fsp3) is 0.375. The van der Waals surface area contributed by atoms with Gasteiger partial charge in [0.15, 0.2) is 10.9 Å². The van der Waals surface area contributed by atoms with Crippen molar-refractivity contribution in [2.45, 2.75) is 38.1 Å². The Morgan fingerprint density at radius 3 is 2.62 bits per heavy atom. The van der Waals surface area contributed by atoms with E-state index in [0.717, 1.165) is 11.6 Å². The van der Waals surface area contributed by atoms with Crippen LogP contribution in [0.4, 0.5) is 0 Å². The van der Waals surface area contributed by atoms with Crippen LogP contribution in [0.1, 0.15) is 32.2 Å². The van der Waals surface area contributed by atoms with Gasteiger partial charge in [0.25, 0.3) is 0 Å². The molecule has 0 aliphatic heterocycles. The molecule has 1 aromatic carbocycles. The summed E-state index contributed by atoms with van der Waals surface area (Å²) in [6.45, 7) is 5.62. The first kappa shape index (κ1) is 18.4. The van der Waals surface area contributed by atoms with Crippen LogP contribution in [-0.2, 0) is 17.0 Å². The second-order valence-corrected chi connectivity index (χ2v) is 6.80. The fourth-order valence-electron chi connectivity index (χ4n) is 1.84. The molecule has 0 fully saturated rings. The van der Waals surface area contributed by atoms with Gasteiger partial charge in [0.05, 0.1) is 0 Å². The van der Waals surface area contributed by atoms with E-state index in [1.807, 2.05) is 39.0 Å². The highest BCUT2D eigenvalue weighted by molar-refractivity contribution is 7.98. The van der Waals surface area contributed by atoms with Crippen LogP contribution in [0, 0.1) is 5.92 Å². The Morgan fingerprint density at radius 1 is 1.29 bits per heavy atom. The van der Waals surface area contributed by atoms with Crippen molar-refractivity contribution < 1.29 is 4.79 Å². The molecule has 2 aromatic rings. The van der Waals surface area contributed by atoms with Crippen molar-refractivity contribution in [2.75, 3.05) is 5.43 Å². The maximum atomic E-state index is 11.7. The first-order chi connectivity index (χ1) is 11.5. The number of aromatic nitrogens is 3. The molecule has 1 amide bonds. The van der Waals surface area contributed by atoms with E-state index < -0.39 is 0 Å². The molecule has 0 aliphatic rings. The van der Waals surface area contributed by atoms with E-state index in [-0.39, 0.29) is 16.9 Å². The highest BCUT2D eigenvalue weighted by atomic mass is 32.2. The number of amides is 1. The summed E-state index contributed by atoms with van der Waals surface area (Å²) >= 11 is 6.77. The Labute approximate surface area is 151 Å². The monoisotopic (exact) mass is 363 g/mol. The number of benzene rings is 1. The number of aryl methyl sites for hydroxylation is 1. The summed E-state index contributed by atoms with van der Waals surface area (Å²) in [7, 11) is 0. The predicted octanol–water partition coefficient (Wildman–Crippen LogP) is 2.73. The molecule has 0 atom stereocenters. The molecule has 0 spiro atoms. The molecule has 2 N–H and O–H groups in total. The zero-order valence-corrected chi connectivity index (χ0v) is 15.6. The number of nitrogens with zero attached hydrogens (tertiary/aromatic N) is 3. The Balaban J connectivity index is 2.06. The average molecular weight is 364 g/mol. The van der Waals surface area contributed by atoms with E-state index in [1.54, 1.807) is 16.4 Å². The Morgan fingerprint density at radius 2 is 2.00 bits per heavy atom. The molecule has 128 valence electrons. The fourth-order valence-corrected chi connectivity index (χ4v) is 2.90. The van der Waals surface area contributed by atoms with E-state index in [4.69, 9.17) is 12.2 Å². The minimum atomic E-state index is -0.136. The van der Waals surface area contributed by atoms with E-state index in [0.29, 0.717) is 11.6 Å². The number of thiocarbonyl (C=S) groups is 1. The average Bonchev–Trinajstić information content (AvgIpc) is 2.95. The molecule has 8 heteroatoms. The van der Waals surface area contributed by atoms with Gasteiger partial charge in [0.2, 0.25) is 11.1 Å². The molecule has 2 rings (SSSR count). The van der Waals surface area contributed by atoms with Crippen LogP contribution in [-0.4, -0.2) is 25.9 Å². The number of rotatable bonds is 6. The molecule has 6 nitrogen and oxygen atoms in total. The molecule has 0 aliphatic carbocycles. The summed E-state index contributed by atoms with van der Waals surface area (Å²) in [6, 6.07) is 10.1. The maximum Gasteiger partial charge on any atom is 0.228 e. The summed E-state index contributed by atoms with van der Waals surface area (Å²) in [6.07, 6.45) is 0.701. The maximum absolute atomic E-state index is 11.7. The van der Waals surface area contributed by atoms with E-state index >= 15 is 0 Å².